The number of carbonyl (C=O) groups excluding carboxylic acids is 1. The third-order valence-electron chi connectivity index (χ3n) is 6.87. The Morgan fingerprint density at radius 3 is 2.86 bits per heavy atom. The van der Waals surface area contributed by atoms with Crippen molar-refractivity contribution in [2.24, 2.45) is 0 Å². The summed E-state index contributed by atoms with van der Waals surface area (Å²) in [5.74, 6) is 0.382. The van der Waals surface area contributed by atoms with E-state index in [1.165, 1.54) is 0 Å². The molecule has 1 spiro atoms. The zero-order valence-electron chi connectivity index (χ0n) is 15.5. The molecular weight excluding hydrogens is 374 g/mol. The highest BCUT2D eigenvalue weighted by atomic mass is 16.7. The predicted octanol–water partition coefficient (Wildman–Crippen LogP) is 2.47. The molecule has 29 heavy (non-hydrogen) atoms. The molecule has 8 nitrogen and oxygen atoms in total. The molecule has 4 heterocycles. The van der Waals surface area contributed by atoms with E-state index < -0.39 is 17.5 Å². The van der Waals surface area contributed by atoms with Crippen LogP contribution >= 0.6 is 0 Å². The van der Waals surface area contributed by atoms with Crippen molar-refractivity contribution >= 4 is 11.6 Å². The molecule has 0 aliphatic carbocycles. The number of carbonyl (C=O) groups is 1. The Kier molecular flexibility index (Phi) is 3.30. The summed E-state index contributed by atoms with van der Waals surface area (Å²) in [5, 5.41) is 15.3. The van der Waals surface area contributed by atoms with Crippen LogP contribution in [0, 0.1) is 10.1 Å². The van der Waals surface area contributed by atoms with Crippen molar-refractivity contribution in [3.63, 3.8) is 0 Å². The maximum atomic E-state index is 13.6. The lowest BCUT2D eigenvalue weighted by molar-refractivity contribution is -0.527. The van der Waals surface area contributed by atoms with Gasteiger partial charge in [-0.3, -0.25) is 19.8 Å². The largest absolute Gasteiger partial charge is 0.454 e. The molecule has 1 N–H and O–H groups in total. The van der Waals surface area contributed by atoms with E-state index in [0.29, 0.717) is 24.5 Å². The van der Waals surface area contributed by atoms with Gasteiger partial charge in [0.1, 0.15) is 5.54 Å². The van der Waals surface area contributed by atoms with Crippen LogP contribution in [0.2, 0.25) is 0 Å². The van der Waals surface area contributed by atoms with E-state index in [0.717, 1.165) is 23.2 Å². The molecule has 4 atom stereocenters. The Morgan fingerprint density at radius 2 is 2.00 bits per heavy atom. The number of nitrogens with one attached hydrogen (secondary N) is 1. The molecule has 2 aromatic carbocycles. The van der Waals surface area contributed by atoms with Crippen LogP contribution in [0.5, 0.6) is 11.5 Å². The van der Waals surface area contributed by atoms with Gasteiger partial charge in [-0.05, 0) is 36.6 Å². The average Bonchev–Trinajstić information content (AvgIpc) is 3.45. The van der Waals surface area contributed by atoms with E-state index in [2.05, 4.69) is 10.2 Å². The van der Waals surface area contributed by atoms with Gasteiger partial charge in [-0.1, -0.05) is 24.3 Å². The molecule has 2 fully saturated rings. The first kappa shape index (κ1) is 16.8. The summed E-state index contributed by atoms with van der Waals surface area (Å²) in [6.07, 6.45) is 1.56. The van der Waals surface area contributed by atoms with E-state index in [4.69, 9.17) is 9.47 Å². The van der Waals surface area contributed by atoms with Crippen LogP contribution in [0.1, 0.15) is 29.9 Å². The lowest BCUT2D eigenvalue weighted by atomic mass is 9.73. The standard InChI is InChI=1S/C21H19N3O5/c25-20-21(13-4-1-2-5-14(13)22-20)18(12-7-8-16-17(10-12)29-11-28-16)19(24(26)27)15-6-3-9-23(15)21/h1-2,4-5,7-8,10,15,18-19H,3,6,9,11H2,(H,22,25)/t15-,18-,19+,21-/m0/s1. The van der Waals surface area contributed by atoms with Crippen LogP contribution in [0.25, 0.3) is 0 Å². The molecule has 2 aromatic rings. The molecule has 2 saturated heterocycles. The van der Waals surface area contributed by atoms with Gasteiger partial charge in [0.05, 0.1) is 12.0 Å². The van der Waals surface area contributed by atoms with Gasteiger partial charge in [0, 0.05) is 22.7 Å². The van der Waals surface area contributed by atoms with Gasteiger partial charge in [-0.2, -0.15) is 0 Å². The number of hydrogen-bond acceptors (Lipinski definition) is 6. The minimum Gasteiger partial charge on any atom is -0.454 e. The second-order valence-electron chi connectivity index (χ2n) is 8.04. The fraction of sp³-hybridized carbons (Fsp3) is 0.381. The molecular formula is C21H19N3O5. The fourth-order valence-electron chi connectivity index (χ4n) is 5.90. The van der Waals surface area contributed by atoms with Crippen LogP contribution in [0.15, 0.2) is 42.5 Å². The van der Waals surface area contributed by atoms with Gasteiger partial charge in [0.25, 0.3) is 5.91 Å². The van der Waals surface area contributed by atoms with Gasteiger partial charge in [0.15, 0.2) is 11.5 Å². The number of nitrogens with zero attached hydrogens (tertiary/aromatic N) is 2. The Balaban J connectivity index is 1.62. The summed E-state index contributed by atoms with van der Waals surface area (Å²) in [5.41, 5.74) is 1.20. The van der Waals surface area contributed by atoms with E-state index in [1.807, 2.05) is 36.4 Å². The second-order valence-corrected chi connectivity index (χ2v) is 8.04. The molecule has 1 amide bonds. The molecule has 0 aromatic heterocycles. The van der Waals surface area contributed by atoms with Gasteiger partial charge in [-0.25, -0.2) is 0 Å². The molecule has 0 radical (unpaired) electrons. The number of rotatable bonds is 2. The Morgan fingerprint density at radius 1 is 1.17 bits per heavy atom. The topological polar surface area (TPSA) is 93.9 Å². The van der Waals surface area contributed by atoms with E-state index in [-0.39, 0.29) is 23.7 Å². The molecule has 4 aliphatic heterocycles. The smallest absolute Gasteiger partial charge is 0.250 e. The molecule has 8 heteroatoms. The Hall–Kier alpha value is -3.13. The van der Waals surface area contributed by atoms with Crippen LogP contribution in [-0.2, 0) is 10.3 Å². The van der Waals surface area contributed by atoms with Gasteiger partial charge < -0.3 is 14.8 Å². The van der Waals surface area contributed by atoms with Gasteiger partial charge >= 0.3 is 0 Å². The first-order valence-corrected chi connectivity index (χ1v) is 9.83. The summed E-state index contributed by atoms with van der Waals surface area (Å²) in [6.45, 7) is 0.795. The quantitative estimate of drug-likeness (QED) is 0.622. The van der Waals surface area contributed by atoms with E-state index >= 15 is 0 Å². The Labute approximate surface area is 166 Å². The van der Waals surface area contributed by atoms with Crippen LogP contribution < -0.4 is 14.8 Å². The summed E-state index contributed by atoms with van der Waals surface area (Å²) < 4.78 is 10.9. The fourth-order valence-corrected chi connectivity index (χ4v) is 5.90. The van der Waals surface area contributed by atoms with E-state index in [1.54, 1.807) is 6.07 Å². The maximum Gasteiger partial charge on any atom is 0.250 e. The summed E-state index contributed by atoms with van der Waals surface area (Å²) in [7, 11) is 0. The molecule has 148 valence electrons. The predicted molar refractivity (Wildman–Crippen MR) is 103 cm³/mol. The summed E-state index contributed by atoms with van der Waals surface area (Å²) >= 11 is 0. The molecule has 0 bridgehead atoms. The number of anilines is 1. The number of hydrogen-bond donors (Lipinski definition) is 1. The SMILES string of the molecule is O=C1Nc2ccccc2[C@]12[C@@H](c1ccc3c(c1)OCO3)[C@H]([N+](=O)[O-])[C@@H]1CCCN12. The third-order valence-corrected chi connectivity index (χ3v) is 6.87. The van der Waals surface area contributed by atoms with Crippen molar-refractivity contribution in [1.82, 2.24) is 4.90 Å². The van der Waals surface area contributed by atoms with Gasteiger partial charge in [-0.15, -0.1) is 0 Å². The molecule has 0 unspecified atom stereocenters. The second kappa shape index (κ2) is 5.70. The highest BCUT2D eigenvalue weighted by Crippen LogP contribution is 2.60. The maximum absolute atomic E-state index is 13.6. The minimum absolute atomic E-state index is 0.130. The highest BCUT2D eigenvalue weighted by molar-refractivity contribution is 6.07. The van der Waals surface area contributed by atoms with Crippen molar-refractivity contribution < 1.29 is 19.2 Å². The third kappa shape index (κ3) is 1.99. The number of nitro groups is 1. The summed E-state index contributed by atoms with van der Waals surface area (Å²) in [4.78, 5) is 27.8. The van der Waals surface area contributed by atoms with Crippen molar-refractivity contribution in [2.45, 2.75) is 36.4 Å². The van der Waals surface area contributed by atoms with Crippen molar-refractivity contribution in [3.05, 3.63) is 63.7 Å². The Bertz CT molecular complexity index is 1060. The molecule has 4 aliphatic rings. The van der Waals surface area contributed by atoms with Crippen LogP contribution in [0.3, 0.4) is 0 Å². The number of para-hydroxylation sites is 1. The number of ether oxygens (including phenoxy) is 2. The molecule has 0 saturated carbocycles. The van der Waals surface area contributed by atoms with Crippen LogP contribution in [0.4, 0.5) is 5.69 Å². The molecule has 6 rings (SSSR count). The first-order chi connectivity index (χ1) is 14.1. The zero-order chi connectivity index (χ0) is 19.8. The van der Waals surface area contributed by atoms with Crippen molar-refractivity contribution in [1.29, 1.82) is 0 Å². The minimum atomic E-state index is -1.09. The van der Waals surface area contributed by atoms with Crippen molar-refractivity contribution in [2.75, 3.05) is 18.7 Å². The van der Waals surface area contributed by atoms with E-state index in [9.17, 15) is 14.9 Å². The zero-order valence-corrected chi connectivity index (χ0v) is 15.5. The van der Waals surface area contributed by atoms with Gasteiger partial charge in [0.2, 0.25) is 12.8 Å². The lowest BCUT2D eigenvalue weighted by Crippen LogP contribution is -2.50. The number of benzene rings is 2. The number of fused-ring (bicyclic) bond motifs is 5. The average molecular weight is 393 g/mol. The summed E-state index contributed by atoms with van der Waals surface area (Å²) in [6, 6.07) is 11.8. The normalized spacial score (nSPS) is 31.7. The monoisotopic (exact) mass is 393 g/mol. The highest BCUT2D eigenvalue weighted by Gasteiger charge is 2.71. The van der Waals surface area contributed by atoms with Crippen LogP contribution in [-0.4, -0.2) is 41.2 Å². The lowest BCUT2D eigenvalue weighted by Gasteiger charge is -2.36. The van der Waals surface area contributed by atoms with Crippen molar-refractivity contribution in [3.8, 4) is 11.5 Å². The number of amides is 1. The first-order valence-electron chi connectivity index (χ1n) is 9.83.